The lowest BCUT2D eigenvalue weighted by Crippen LogP contribution is -2.59. The Hall–Kier alpha value is -2.73. The van der Waals surface area contributed by atoms with Gasteiger partial charge in [-0.15, -0.1) is 0 Å². The summed E-state index contributed by atoms with van der Waals surface area (Å²) >= 11 is 0. The number of aliphatic carboxylic acids is 2. The van der Waals surface area contributed by atoms with Crippen LogP contribution in [0.5, 0.6) is 0 Å². The molecule has 0 spiro atoms. The highest BCUT2D eigenvalue weighted by molar-refractivity contribution is 5.95. The largest absolute Gasteiger partial charge is 0.481 e. The van der Waals surface area contributed by atoms with Crippen LogP contribution in [0.3, 0.4) is 0 Å². The normalized spacial score (nSPS) is 14.9. The molecule has 12 heteroatoms. The van der Waals surface area contributed by atoms with Crippen LogP contribution in [0, 0.1) is 11.8 Å². The number of nitrogens with two attached hydrogens (primary N) is 2. The Morgan fingerprint density at radius 1 is 0.781 bits per heavy atom. The van der Waals surface area contributed by atoms with Crippen molar-refractivity contribution in [3.63, 3.8) is 0 Å². The van der Waals surface area contributed by atoms with E-state index in [1.54, 1.807) is 27.7 Å². The molecule has 0 rings (SSSR count). The third kappa shape index (κ3) is 10.5. The first-order valence-corrected chi connectivity index (χ1v) is 10.6. The summed E-state index contributed by atoms with van der Waals surface area (Å²) in [6, 6.07) is -4.72. The quantitative estimate of drug-likeness (QED) is 0.146. The van der Waals surface area contributed by atoms with E-state index < -0.39 is 72.1 Å². The van der Waals surface area contributed by atoms with Gasteiger partial charge in [-0.25, -0.2) is 4.79 Å². The van der Waals surface area contributed by atoms with Crippen LogP contribution in [0.2, 0.25) is 0 Å². The molecule has 0 aromatic rings. The first-order valence-electron chi connectivity index (χ1n) is 10.6. The average Bonchev–Trinajstić information content (AvgIpc) is 2.68. The fourth-order valence-electron chi connectivity index (χ4n) is 2.85. The third-order valence-corrected chi connectivity index (χ3v) is 4.80. The van der Waals surface area contributed by atoms with Crippen molar-refractivity contribution in [2.24, 2.45) is 23.3 Å². The maximum Gasteiger partial charge on any atom is 0.326 e. The third-order valence-electron chi connectivity index (χ3n) is 4.80. The van der Waals surface area contributed by atoms with Crippen LogP contribution >= 0.6 is 0 Å². The fraction of sp³-hybridized carbons (Fsp3) is 0.750. The van der Waals surface area contributed by atoms with Crippen LogP contribution < -0.4 is 27.4 Å². The minimum absolute atomic E-state index is 0.313. The van der Waals surface area contributed by atoms with Crippen molar-refractivity contribution in [1.29, 1.82) is 0 Å². The summed E-state index contributed by atoms with van der Waals surface area (Å²) in [5.74, 6) is -5.71. The molecule has 0 aliphatic rings. The molecule has 184 valence electrons. The maximum atomic E-state index is 12.7. The Morgan fingerprint density at radius 3 is 1.75 bits per heavy atom. The van der Waals surface area contributed by atoms with Crippen molar-refractivity contribution in [2.45, 2.75) is 77.5 Å². The SMILES string of the molecule is CC(C)C(NC(=O)C(NC(=O)C(CC(=O)O)NC(=O)C(N)CCCCN)C(C)C)C(=O)O. The van der Waals surface area contributed by atoms with Crippen LogP contribution in [0.25, 0.3) is 0 Å². The molecule has 0 fully saturated rings. The minimum Gasteiger partial charge on any atom is -0.481 e. The Morgan fingerprint density at radius 2 is 1.31 bits per heavy atom. The number of nitrogens with one attached hydrogen (secondary N) is 3. The molecule has 0 heterocycles. The average molecular weight is 460 g/mol. The molecule has 3 amide bonds. The van der Waals surface area contributed by atoms with Crippen molar-refractivity contribution in [3.05, 3.63) is 0 Å². The van der Waals surface area contributed by atoms with Gasteiger partial charge >= 0.3 is 11.9 Å². The zero-order valence-corrected chi connectivity index (χ0v) is 19.1. The molecule has 0 saturated carbocycles. The number of carbonyl (C=O) groups is 5. The molecule has 0 aliphatic carbocycles. The Bertz CT molecular complexity index is 669. The van der Waals surface area contributed by atoms with Crippen LogP contribution in [0.4, 0.5) is 0 Å². The van der Waals surface area contributed by atoms with Gasteiger partial charge in [0.1, 0.15) is 18.1 Å². The Kier molecular flexibility index (Phi) is 13.1. The lowest BCUT2D eigenvalue weighted by atomic mass is 9.99. The van der Waals surface area contributed by atoms with E-state index in [-0.39, 0.29) is 0 Å². The van der Waals surface area contributed by atoms with Gasteiger partial charge < -0.3 is 37.6 Å². The Balaban J connectivity index is 5.35. The van der Waals surface area contributed by atoms with Gasteiger partial charge in [0.2, 0.25) is 17.7 Å². The van der Waals surface area contributed by atoms with E-state index in [9.17, 15) is 29.1 Å². The lowest BCUT2D eigenvalue weighted by molar-refractivity contribution is -0.144. The number of hydrogen-bond donors (Lipinski definition) is 7. The second kappa shape index (κ2) is 14.4. The smallest absolute Gasteiger partial charge is 0.326 e. The number of carboxylic acid groups (broad SMARTS) is 2. The number of carboxylic acids is 2. The summed E-state index contributed by atoms with van der Waals surface area (Å²) in [4.78, 5) is 60.2. The topological polar surface area (TPSA) is 214 Å². The molecule has 32 heavy (non-hydrogen) atoms. The zero-order chi connectivity index (χ0) is 25.0. The molecule has 4 unspecified atom stereocenters. The van der Waals surface area contributed by atoms with Crippen LogP contribution in [0.1, 0.15) is 53.4 Å². The summed E-state index contributed by atoms with van der Waals surface area (Å²) in [5.41, 5.74) is 11.2. The zero-order valence-electron chi connectivity index (χ0n) is 19.1. The standard InChI is InChI=1S/C20H37N5O7/c1-10(2)15(19(30)25-16(11(3)4)20(31)32)24-18(29)13(9-14(26)27)23-17(28)12(22)7-5-6-8-21/h10-13,15-16H,5-9,21-22H2,1-4H3,(H,23,28)(H,24,29)(H,25,30)(H,26,27)(H,31,32). The molecular weight excluding hydrogens is 422 g/mol. The Labute approximate surface area is 187 Å². The molecule has 0 bridgehead atoms. The molecule has 0 radical (unpaired) electrons. The fourth-order valence-corrected chi connectivity index (χ4v) is 2.85. The van der Waals surface area contributed by atoms with E-state index in [4.69, 9.17) is 16.6 Å². The summed E-state index contributed by atoms with van der Waals surface area (Å²) in [7, 11) is 0. The second-order valence-corrected chi connectivity index (χ2v) is 8.35. The summed E-state index contributed by atoms with van der Waals surface area (Å²) in [5, 5.41) is 25.5. The van der Waals surface area contributed by atoms with E-state index in [2.05, 4.69) is 16.0 Å². The predicted octanol–water partition coefficient (Wildman–Crippen LogP) is -1.23. The summed E-state index contributed by atoms with van der Waals surface area (Å²) in [6.45, 7) is 6.95. The molecule has 4 atom stereocenters. The number of rotatable bonds is 15. The highest BCUT2D eigenvalue weighted by Crippen LogP contribution is 2.08. The number of amides is 3. The molecule has 9 N–H and O–H groups in total. The van der Waals surface area contributed by atoms with E-state index in [1.165, 1.54) is 0 Å². The second-order valence-electron chi connectivity index (χ2n) is 8.35. The van der Waals surface area contributed by atoms with Gasteiger partial charge in [0.25, 0.3) is 0 Å². The number of hydrogen-bond acceptors (Lipinski definition) is 7. The van der Waals surface area contributed by atoms with Gasteiger partial charge in [0, 0.05) is 0 Å². The van der Waals surface area contributed by atoms with E-state index in [0.29, 0.717) is 25.8 Å². The summed E-state index contributed by atoms with van der Waals surface area (Å²) < 4.78 is 0. The number of unbranched alkanes of at least 4 members (excludes halogenated alkanes) is 1. The lowest BCUT2D eigenvalue weighted by Gasteiger charge is -2.27. The van der Waals surface area contributed by atoms with Gasteiger partial charge in [-0.3, -0.25) is 19.2 Å². The highest BCUT2D eigenvalue weighted by atomic mass is 16.4. The van der Waals surface area contributed by atoms with Crippen molar-refractivity contribution in [2.75, 3.05) is 6.54 Å². The van der Waals surface area contributed by atoms with E-state index in [1.807, 2.05) is 0 Å². The molecule has 12 nitrogen and oxygen atoms in total. The molecule has 0 aliphatic heterocycles. The highest BCUT2D eigenvalue weighted by Gasteiger charge is 2.33. The first-order chi connectivity index (χ1) is 14.8. The molecule has 0 aromatic heterocycles. The maximum absolute atomic E-state index is 12.7. The molecule has 0 saturated heterocycles. The van der Waals surface area contributed by atoms with E-state index >= 15 is 0 Å². The van der Waals surface area contributed by atoms with Crippen LogP contribution in [0.15, 0.2) is 0 Å². The van der Waals surface area contributed by atoms with Gasteiger partial charge in [0.15, 0.2) is 0 Å². The van der Waals surface area contributed by atoms with Crippen molar-refractivity contribution >= 4 is 29.7 Å². The van der Waals surface area contributed by atoms with E-state index in [0.717, 1.165) is 0 Å². The van der Waals surface area contributed by atoms with Crippen molar-refractivity contribution in [1.82, 2.24) is 16.0 Å². The first kappa shape index (κ1) is 29.3. The van der Waals surface area contributed by atoms with Gasteiger partial charge in [0.05, 0.1) is 12.5 Å². The van der Waals surface area contributed by atoms with Crippen molar-refractivity contribution < 1.29 is 34.2 Å². The predicted molar refractivity (Wildman–Crippen MR) is 116 cm³/mol. The number of carbonyl (C=O) groups excluding carboxylic acids is 3. The molecule has 0 aromatic carbocycles. The minimum atomic E-state index is -1.46. The van der Waals surface area contributed by atoms with Gasteiger partial charge in [-0.05, 0) is 31.2 Å². The summed E-state index contributed by atoms with van der Waals surface area (Å²) in [6.07, 6.45) is 0.854. The monoisotopic (exact) mass is 459 g/mol. The van der Waals surface area contributed by atoms with Crippen LogP contribution in [-0.2, 0) is 24.0 Å². The van der Waals surface area contributed by atoms with Crippen molar-refractivity contribution in [3.8, 4) is 0 Å². The molecular formula is C20H37N5O7. The van der Waals surface area contributed by atoms with Crippen LogP contribution in [-0.4, -0.2) is 70.6 Å². The van der Waals surface area contributed by atoms with Gasteiger partial charge in [-0.1, -0.05) is 34.1 Å². The van der Waals surface area contributed by atoms with Gasteiger partial charge in [-0.2, -0.15) is 0 Å².